The number of rotatable bonds is 6. The molecule has 0 aliphatic rings. The van der Waals surface area contributed by atoms with Crippen molar-refractivity contribution in [2.75, 3.05) is 26.6 Å². The summed E-state index contributed by atoms with van der Waals surface area (Å²) < 4.78 is 17.6. The van der Waals surface area contributed by atoms with Gasteiger partial charge in [0.1, 0.15) is 22.8 Å². The summed E-state index contributed by atoms with van der Waals surface area (Å²) in [6, 6.07) is 11.0. The summed E-state index contributed by atoms with van der Waals surface area (Å²) in [6.45, 7) is 2.42. The smallest absolute Gasteiger partial charge is 0.337 e. The fourth-order valence-corrected chi connectivity index (χ4v) is 3.44. The summed E-state index contributed by atoms with van der Waals surface area (Å²) in [5.74, 6) is 2.55. The van der Waals surface area contributed by atoms with Gasteiger partial charge in [-0.15, -0.1) is 0 Å². The van der Waals surface area contributed by atoms with Gasteiger partial charge in [-0.1, -0.05) is 0 Å². The van der Waals surface area contributed by atoms with E-state index in [0.717, 1.165) is 39.4 Å². The molecule has 0 amide bonds. The molecule has 8 nitrogen and oxygen atoms in total. The number of methoxy groups -OCH3 is 3. The van der Waals surface area contributed by atoms with Crippen LogP contribution >= 0.6 is 0 Å². The maximum Gasteiger partial charge on any atom is 0.337 e. The predicted molar refractivity (Wildman–Crippen MR) is 113 cm³/mol. The molecule has 0 unspecified atom stereocenters. The van der Waals surface area contributed by atoms with Crippen LogP contribution in [0.4, 0.5) is 5.82 Å². The lowest BCUT2D eigenvalue weighted by atomic mass is 10.1. The minimum absolute atomic E-state index is 0.392. The van der Waals surface area contributed by atoms with Gasteiger partial charge in [0.2, 0.25) is 0 Å². The van der Waals surface area contributed by atoms with Crippen LogP contribution in [0.1, 0.15) is 21.7 Å². The van der Waals surface area contributed by atoms with E-state index in [-0.39, 0.29) is 0 Å². The first kappa shape index (κ1) is 19.5. The van der Waals surface area contributed by atoms with Gasteiger partial charge in [0.25, 0.3) is 0 Å². The molecule has 4 aromatic rings. The predicted octanol–water partition coefficient (Wildman–Crippen LogP) is 3.61. The molecule has 0 saturated heterocycles. The number of fused-ring (bicyclic) bond motifs is 3. The third-order valence-corrected chi connectivity index (χ3v) is 4.99. The Balaban J connectivity index is 1.75. The Labute approximate surface area is 173 Å². The van der Waals surface area contributed by atoms with Gasteiger partial charge in [-0.3, -0.25) is 4.40 Å². The number of carbonyl (C=O) groups is 1. The summed E-state index contributed by atoms with van der Waals surface area (Å²) in [7, 11) is 4.61. The fraction of sp³-hybridized carbons (Fsp3) is 0.227. The molecule has 0 aliphatic carbocycles. The second kappa shape index (κ2) is 7.90. The first-order chi connectivity index (χ1) is 14.5. The normalized spacial score (nSPS) is 10.9. The lowest BCUT2D eigenvalue weighted by molar-refractivity contribution is 0.0601. The molecule has 0 atom stereocenters. The molecule has 4 rings (SSSR count). The molecule has 30 heavy (non-hydrogen) atoms. The summed E-state index contributed by atoms with van der Waals surface area (Å²) in [4.78, 5) is 21.1. The van der Waals surface area contributed by atoms with Gasteiger partial charge in [-0.25, -0.2) is 14.8 Å². The van der Waals surface area contributed by atoms with Crippen molar-refractivity contribution < 1.29 is 19.0 Å². The van der Waals surface area contributed by atoms with Gasteiger partial charge in [-0.2, -0.15) is 0 Å². The highest BCUT2D eigenvalue weighted by Gasteiger charge is 2.15. The van der Waals surface area contributed by atoms with E-state index in [1.54, 1.807) is 38.6 Å². The van der Waals surface area contributed by atoms with E-state index in [9.17, 15) is 4.79 Å². The minimum Gasteiger partial charge on any atom is -0.497 e. The molecule has 0 spiro atoms. The number of hydrogen-bond acceptors (Lipinski definition) is 7. The second-order valence-corrected chi connectivity index (χ2v) is 6.71. The highest BCUT2D eigenvalue weighted by Crippen LogP contribution is 2.28. The summed E-state index contributed by atoms with van der Waals surface area (Å²) in [5, 5.41) is 3.39. The SMILES string of the molecule is COC(=O)c1ccc2nc(NCc3ccc(OC)cc3OC)c3cnc(C)n3c2c1. The van der Waals surface area contributed by atoms with Crippen LogP contribution in [-0.4, -0.2) is 41.7 Å². The number of carbonyl (C=O) groups excluding carboxylic acids is 1. The molecule has 2 aromatic heterocycles. The maximum absolute atomic E-state index is 11.9. The number of aromatic nitrogens is 3. The van der Waals surface area contributed by atoms with Crippen LogP contribution in [0.15, 0.2) is 42.6 Å². The number of anilines is 1. The van der Waals surface area contributed by atoms with Gasteiger partial charge in [-0.05, 0) is 37.3 Å². The lowest BCUT2D eigenvalue weighted by Crippen LogP contribution is -2.07. The number of benzene rings is 2. The average molecular weight is 406 g/mol. The van der Waals surface area contributed by atoms with E-state index in [2.05, 4.69) is 10.3 Å². The number of nitrogens with zero attached hydrogens (tertiary/aromatic N) is 3. The molecule has 2 heterocycles. The molecule has 1 N–H and O–H groups in total. The molecule has 2 aromatic carbocycles. The van der Waals surface area contributed by atoms with Crippen LogP contribution in [0.5, 0.6) is 11.5 Å². The number of hydrogen-bond donors (Lipinski definition) is 1. The van der Waals surface area contributed by atoms with Crippen molar-refractivity contribution in [3.63, 3.8) is 0 Å². The first-order valence-corrected chi connectivity index (χ1v) is 9.36. The molecule has 0 aliphatic heterocycles. The molecule has 154 valence electrons. The third-order valence-electron chi connectivity index (χ3n) is 4.99. The van der Waals surface area contributed by atoms with Gasteiger partial charge >= 0.3 is 5.97 Å². The van der Waals surface area contributed by atoms with Gasteiger partial charge in [0, 0.05) is 18.2 Å². The largest absolute Gasteiger partial charge is 0.497 e. The van der Waals surface area contributed by atoms with Crippen molar-refractivity contribution in [3.05, 3.63) is 59.5 Å². The Hall–Kier alpha value is -3.81. The van der Waals surface area contributed by atoms with Gasteiger partial charge < -0.3 is 19.5 Å². The van der Waals surface area contributed by atoms with Crippen molar-refractivity contribution in [1.29, 1.82) is 0 Å². The zero-order valence-electron chi connectivity index (χ0n) is 17.2. The highest BCUT2D eigenvalue weighted by atomic mass is 16.5. The quantitative estimate of drug-likeness (QED) is 0.490. The molecular formula is C22H22N4O4. The lowest BCUT2D eigenvalue weighted by Gasteiger charge is -2.14. The van der Waals surface area contributed by atoms with Crippen LogP contribution in [0.3, 0.4) is 0 Å². The van der Waals surface area contributed by atoms with E-state index in [1.165, 1.54) is 7.11 Å². The molecule has 8 heteroatoms. The van der Waals surface area contributed by atoms with Crippen molar-refractivity contribution in [1.82, 2.24) is 14.4 Å². The standard InChI is InChI=1S/C22H22N4O4/c1-13-23-12-19-21(24-11-15-5-7-16(28-2)10-20(15)29-3)25-17-8-6-14(22(27)30-4)9-18(17)26(13)19/h5-10,12H,11H2,1-4H3,(H,24,25). The summed E-state index contributed by atoms with van der Waals surface area (Å²) in [6.07, 6.45) is 1.76. The van der Waals surface area contributed by atoms with E-state index in [1.807, 2.05) is 29.5 Å². The summed E-state index contributed by atoms with van der Waals surface area (Å²) >= 11 is 0. The molecule has 0 bridgehead atoms. The van der Waals surface area contributed by atoms with Crippen LogP contribution in [0, 0.1) is 6.92 Å². The number of ether oxygens (including phenoxy) is 3. The Morgan fingerprint density at radius 3 is 2.63 bits per heavy atom. The maximum atomic E-state index is 11.9. The van der Waals surface area contributed by atoms with Crippen molar-refractivity contribution in [2.45, 2.75) is 13.5 Å². The molecule has 0 saturated carbocycles. The Kier molecular flexibility index (Phi) is 5.14. The fourth-order valence-electron chi connectivity index (χ4n) is 3.44. The Morgan fingerprint density at radius 2 is 1.90 bits per heavy atom. The first-order valence-electron chi connectivity index (χ1n) is 9.36. The van der Waals surface area contributed by atoms with E-state index in [0.29, 0.717) is 17.9 Å². The van der Waals surface area contributed by atoms with Crippen LogP contribution in [0.2, 0.25) is 0 Å². The zero-order chi connectivity index (χ0) is 21.3. The topological polar surface area (TPSA) is 87.0 Å². The molecular weight excluding hydrogens is 384 g/mol. The van der Waals surface area contributed by atoms with E-state index in [4.69, 9.17) is 19.2 Å². The average Bonchev–Trinajstić information content (AvgIpc) is 3.18. The van der Waals surface area contributed by atoms with E-state index < -0.39 is 5.97 Å². The second-order valence-electron chi connectivity index (χ2n) is 6.71. The van der Waals surface area contributed by atoms with E-state index >= 15 is 0 Å². The summed E-state index contributed by atoms with van der Waals surface area (Å²) in [5.41, 5.74) is 3.77. The minimum atomic E-state index is -0.392. The molecule has 0 fully saturated rings. The number of esters is 1. The highest BCUT2D eigenvalue weighted by molar-refractivity contribution is 5.95. The Bertz CT molecular complexity index is 1250. The molecule has 0 radical (unpaired) electrons. The third kappa shape index (κ3) is 3.36. The van der Waals surface area contributed by atoms with Gasteiger partial charge in [0.05, 0.1) is 44.1 Å². The Morgan fingerprint density at radius 1 is 1.07 bits per heavy atom. The van der Waals surface area contributed by atoms with Crippen molar-refractivity contribution >= 4 is 28.3 Å². The number of imidazole rings is 1. The monoisotopic (exact) mass is 406 g/mol. The van der Waals surface area contributed by atoms with Crippen LogP contribution < -0.4 is 14.8 Å². The van der Waals surface area contributed by atoms with Gasteiger partial charge in [0.15, 0.2) is 5.82 Å². The van der Waals surface area contributed by atoms with Crippen molar-refractivity contribution in [3.8, 4) is 11.5 Å². The number of nitrogens with one attached hydrogen (secondary N) is 1. The van der Waals surface area contributed by atoms with Crippen molar-refractivity contribution in [2.24, 2.45) is 0 Å². The van der Waals surface area contributed by atoms with Crippen LogP contribution in [-0.2, 0) is 11.3 Å². The zero-order valence-corrected chi connectivity index (χ0v) is 17.2. The number of aryl methyl sites for hydroxylation is 1. The van der Waals surface area contributed by atoms with Crippen LogP contribution in [0.25, 0.3) is 16.6 Å².